The van der Waals surface area contributed by atoms with Crippen molar-refractivity contribution >= 4 is 11.8 Å². The number of carbonyl (C=O) groups is 2. The van der Waals surface area contributed by atoms with Gasteiger partial charge in [0.2, 0.25) is 11.8 Å². The molecule has 7 heteroatoms. The lowest BCUT2D eigenvalue weighted by Crippen LogP contribution is -2.52. The number of hydrogen-bond acceptors (Lipinski definition) is 5. The first-order chi connectivity index (χ1) is 14.2. The van der Waals surface area contributed by atoms with Crippen LogP contribution in [0, 0.1) is 5.92 Å². The molecule has 2 fully saturated rings. The van der Waals surface area contributed by atoms with E-state index < -0.39 is 0 Å². The van der Waals surface area contributed by atoms with Crippen LogP contribution in [0.1, 0.15) is 56.9 Å². The average molecular weight is 404 g/mol. The predicted octanol–water partition coefficient (Wildman–Crippen LogP) is 1.74. The molecule has 2 aliphatic rings. The zero-order chi connectivity index (χ0) is 20.5. The number of aliphatic hydroxyl groups excluding tert-OH is 1. The highest BCUT2D eigenvalue weighted by Crippen LogP contribution is 2.26. The van der Waals surface area contributed by atoms with Gasteiger partial charge in [0.25, 0.3) is 0 Å². The summed E-state index contributed by atoms with van der Waals surface area (Å²) in [5.74, 6) is 0.193. The summed E-state index contributed by atoms with van der Waals surface area (Å²) in [7, 11) is 0. The number of pyridine rings is 1. The Morgan fingerprint density at radius 3 is 2.59 bits per heavy atom. The second-order valence-corrected chi connectivity index (χ2v) is 8.18. The van der Waals surface area contributed by atoms with Gasteiger partial charge >= 0.3 is 0 Å². The molecular formula is C22H33N3O4. The van der Waals surface area contributed by atoms with Crippen LogP contribution < -0.4 is 10.6 Å². The summed E-state index contributed by atoms with van der Waals surface area (Å²) in [6, 6.07) is 3.53. The van der Waals surface area contributed by atoms with Crippen LogP contribution in [0.2, 0.25) is 0 Å². The van der Waals surface area contributed by atoms with Crippen LogP contribution in [0.5, 0.6) is 0 Å². The first kappa shape index (κ1) is 21.7. The van der Waals surface area contributed by atoms with E-state index in [4.69, 9.17) is 4.74 Å². The molecule has 0 aromatic carbocycles. The number of carbonyl (C=O) groups excluding carboxylic acids is 2. The van der Waals surface area contributed by atoms with E-state index in [-0.39, 0.29) is 42.6 Å². The Kier molecular flexibility index (Phi) is 8.43. The molecule has 1 saturated carbocycles. The van der Waals surface area contributed by atoms with E-state index in [1.165, 1.54) is 6.42 Å². The highest BCUT2D eigenvalue weighted by Gasteiger charge is 2.33. The molecule has 2 amide bonds. The number of aliphatic hydroxyl groups is 1. The highest BCUT2D eigenvalue weighted by atomic mass is 16.5. The van der Waals surface area contributed by atoms with Crippen molar-refractivity contribution in [1.82, 2.24) is 15.6 Å². The second kappa shape index (κ2) is 11.3. The maximum Gasteiger partial charge on any atom is 0.224 e. The fourth-order valence-corrected chi connectivity index (χ4v) is 4.30. The lowest BCUT2D eigenvalue weighted by molar-refractivity contribution is -0.133. The molecule has 1 aromatic heterocycles. The van der Waals surface area contributed by atoms with Crippen LogP contribution >= 0.6 is 0 Å². The van der Waals surface area contributed by atoms with Crippen LogP contribution in [0.3, 0.4) is 0 Å². The quantitative estimate of drug-likeness (QED) is 0.614. The number of amides is 2. The summed E-state index contributed by atoms with van der Waals surface area (Å²) in [6.45, 7) is 0.423. The summed E-state index contributed by atoms with van der Waals surface area (Å²) in [5.41, 5.74) is 0.934. The fourth-order valence-electron chi connectivity index (χ4n) is 4.30. The molecule has 0 spiro atoms. The summed E-state index contributed by atoms with van der Waals surface area (Å²) < 4.78 is 6.01. The molecular weight excluding hydrogens is 370 g/mol. The maximum atomic E-state index is 12.5. The Labute approximate surface area is 172 Å². The normalized spacial score (nSPS) is 25.3. The molecule has 0 radical (unpaired) electrons. The third-order valence-electron chi connectivity index (χ3n) is 6.00. The van der Waals surface area contributed by atoms with Crippen LogP contribution in [-0.2, 0) is 20.7 Å². The van der Waals surface area contributed by atoms with Gasteiger partial charge in [-0.05, 0) is 49.8 Å². The van der Waals surface area contributed by atoms with E-state index >= 15 is 0 Å². The van der Waals surface area contributed by atoms with Gasteiger partial charge in [0.05, 0.1) is 25.2 Å². The van der Waals surface area contributed by atoms with Crippen molar-refractivity contribution in [2.24, 2.45) is 5.92 Å². The van der Waals surface area contributed by atoms with Gasteiger partial charge in [-0.3, -0.25) is 14.6 Å². The molecule has 2 heterocycles. The van der Waals surface area contributed by atoms with Gasteiger partial charge in [-0.1, -0.05) is 19.3 Å². The third-order valence-corrected chi connectivity index (χ3v) is 6.00. The average Bonchev–Trinajstić information content (AvgIpc) is 2.76. The Morgan fingerprint density at radius 2 is 1.86 bits per heavy atom. The van der Waals surface area contributed by atoms with E-state index in [9.17, 15) is 14.7 Å². The molecule has 3 atom stereocenters. The first-order valence-corrected chi connectivity index (χ1v) is 10.9. The third kappa shape index (κ3) is 6.78. The molecule has 0 unspecified atom stereocenters. The van der Waals surface area contributed by atoms with Gasteiger partial charge in [-0.2, -0.15) is 0 Å². The van der Waals surface area contributed by atoms with Crippen LogP contribution in [0.4, 0.5) is 0 Å². The number of hydrogen-bond donors (Lipinski definition) is 3. The molecule has 160 valence electrons. The minimum absolute atomic E-state index is 0.0174. The molecule has 0 bridgehead atoms. The first-order valence-electron chi connectivity index (χ1n) is 10.9. The standard InChI is InChI=1S/C22H33N3O4/c26-15-20-19(25-22(28)17-4-2-1-3-5-17)7-6-18(29-20)10-13-24-21(27)14-16-8-11-23-12-9-16/h8-9,11-12,17-20,26H,1-7,10,13-15H2,(H,24,27)(H,25,28)/t18-,19+,20+/m0/s1. The largest absolute Gasteiger partial charge is 0.394 e. The lowest BCUT2D eigenvalue weighted by Gasteiger charge is -2.37. The molecule has 29 heavy (non-hydrogen) atoms. The molecule has 3 rings (SSSR count). The minimum atomic E-state index is -0.381. The topological polar surface area (TPSA) is 101 Å². The van der Waals surface area contributed by atoms with Crippen LogP contribution in [0.15, 0.2) is 24.5 Å². The van der Waals surface area contributed by atoms with Crippen LogP contribution in [-0.4, -0.2) is 53.3 Å². The Bertz CT molecular complexity index is 649. The van der Waals surface area contributed by atoms with Gasteiger partial charge in [0.1, 0.15) is 6.10 Å². The zero-order valence-corrected chi connectivity index (χ0v) is 17.0. The van der Waals surface area contributed by atoms with Gasteiger partial charge in [0.15, 0.2) is 0 Å². The van der Waals surface area contributed by atoms with Gasteiger partial charge in [-0.25, -0.2) is 0 Å². The van der Waals surface area contributed by atoms with E-state index in [1.807, 2.05) is 12.1 Å². The number of rotatable bonds is 8. The summed E-state index contributed by atoms with van der Waals surface area (Å²) in [4.78, 5) is 28.5. The SMILES string of the molecule is O=C(Cc1ccncc1)NCC[C@@H]1CC[C@@H](NC(=O)C2CCCCC2)[C@@H](CO)O1. The van der Waals surface area contributed by atoms with Crippen molar-refractivity contribution < 1.29 is 19.4 Å². The Hall–Kier alpha value is -1.99. The van der Waals surface area contributed by atoms with E-state index in [0.29, 0.717) is 19.4 Å². The summed E-state index contributed by atoms with van der Waals surface area (Å²) in [6.07, 6.45) is 11.0. The smallest absolute Gasteiger partial charge is 0.224 e. The fraction of sp³-hybridized carbons (Fsp3) is 0.682. The molecule has 1 aliphatic carbocycles. The van der Waals surface area contributed by atoms with Crippen molar-refractivity contribution in [2.45, 2.75) is 76.0 Å². The van der Waals surface area contributed by atoms with Gasteiger partial charge in [0, 0.05) is 24.9 Å². The molecule has 3 N–H and O–H groups in total. The van der Waals surface area contributed by atoms with Crippen molar-refractivity contribution in [2.75, 3.05) is 13.2 Å². The molecule has 7 nitrogen and oxygen atoms in total. The summed E-state index contributed by atoms with van der Waals surface area (Å²) in [5, 5.41) is 15.8. The Balaban J connectivity index is 1.37. The van der Waals surface area contributed by atoms with Crippen molar-refractivity contribution in [3.8, 4) is 0 Å². The highest BCUT2D eigenvalue weighted by molar-refractivity contribution is 5.79. The van der Waals surface area contributed by atoms with Crippen molar-refractivity contribution in [1.29, 1.82) is 0 Å². The number of nitrogens with zero attached hydrogens (tertiary/aromatic N) is 1. The number of nitrogens with one attached hydrogen (secondary N) is 2. The van der Waals surface area contributed by atoms with Crippen molar-refractivity contribution in [3.63, 3.8) is 0 Å². The van der Waals surface area contributed by atoms with Crippen molar-refractivity contribution in [3.05, 3.63) is 30.1 Å². The van der Waals surface area contributed by atoms with Crippen LogP contribution in [0.25, 0.3) is 0 Å². The molecule has 1 aromatic rings. The van der Waals surface area contributed by atoms with E-state index in [1.54, 1.807) is 12.4 Å². The lowest BCUT2D eigenvalue weighted by atomic mass is 9.88. The zero-order valence-electron chi connectivity index (χ0n) is 17.0. The van der Waals surface area contributed by atoms with Gasteiger partial charge < -0.3 is 20.5 Å². The second-order valence-electron chi connectivity index (χ2n) is 8.18. The minimum Gasteiger partial charge on any atom is -0.394 e. The Morgan fingerprint density at radius 1 is 1.10 bits per heavy atom. The number of ether oxygens (including phenoxy) is 1. The van der Waals surface area contributed by atoms with E-state index in [2.05, 4.69) is 15.6 Å². The molecule has 1 saturated heterocycles. The number of aromatic nitrogens is 1. The maximum absolute atomic E-state index is 12.5. The van der Waals surface area contributed by atoms with E-state index in [0.717, 1.165) is 44.1 Å². The predicted molar refractivity (Wildman–Crippen MR) is 109 cm³/mol. The molecule has 1 aliphatic heterocycles. The monoisotopic (exact) mass is 403 g/mol. The van der Waals surface area contributed by atoms with Gasteiger partial charge in [-0.15, -0.1) is 0 Å². The summed E-state index contributed by atoms with van der Waals surface area (Å²) >= 11 is 0.